The summed E-state index contributed by atoms with van der Waals surface area (Å²) < 4.78 is 45.5. The van der Waals surface area contributed by atoms with Crippen molar-refractivity contribution in [2.45, 2.75) is 42.7 Å². The van der Waals surface area contributed by atoms with Crippen molar-refractivity contribution in [2.24, 2.45) is 0 Å². The Balaban J connectivity index is 2.12. The fraction of sp³-hybridized carbons (Fsp3) is 0.381. The maximum atomic E-state index is 13.5. The van der Waals surface area contributed by atoms with Gasteiger partial charge in [0.2, 0.25) is 15.0 Å². The summed E-state index contributed by atoms with van der Waals surface area (Å²) in [5, 5.41) is 0.421. The Hall–Kier alpha value is -2.08. The second kappa shape index (κ2) is 9.82. The molecule has 7 nitrogen and oxygen atoms in total. The van der Waals surface area contributed by atoms with E-state index in [0.29, 0.717) is 34.4 Å². The van der Waals surface area contributed by atoms with Crippen molar-refractivity contribution in [3.05, 3.63) is 42.3 Å². The molecule has 2 heterocycles. The fourth-order valence-corrected chi connectivity index (χ4v) is 4.78. The predicted molar refractivity (Wildman–Crippen MR) is 128 cm³/mol. The number of rotatable bonds is 9. The molecule has 3 rings (SSSR count). The average molecular weight is 495 g/mol. The minimum Gasteiger partial charge on any atom is -0.361 e. The van der Waals surface area contributed by atoms with Crippen LogP contribution in [0.1, 0.15) is 0 Å². The summed E-state index contributed by atoms with van der Waals surface area (Å²) in [4.78, 5) is 12.9. The smallest absolute Gasteiger partial charge is 0.247 e. The molecule has 0 atom stereocenters. The Morgan fingerprint density at radius 2 is 1.81 bits per heavy atom. The number of thioether (sulfide) groups is 1. The van der Waals surface area contributed by atoms with E-state index < -0.39 is 17.9 Å². The summed E-state index contributed by atoms with van der Waals surface area (Å²) in [6.07, 6.45) is 4.38. The Labute approximate surface area is 193 Å². The third kappa shape index (κ3) is 6.03. The molecule has 0 radical (unpaired) electrons. The number of benzene rings is 1. The lowest BCUT2D eigenvalue weighted by Gasteiger charge is -2.17. The second-order valence-corrected chi connectivity index (χ2v) is 16.9. The SMILES string of the molecule is CSc1nc(-c2ccc(F)cc2)c(-c2ccnc(S(C)(=O)=O)n2)n1COCC[Si](C)(C)C. The molecule has 0 unspecified atom stereocenters. The zero-order chi connectivity index (χ0) is 23.5. The van der Waals surface area contributed by atoms with Gasteiger partial charge in [-0.25, -0.2) is 27.8 Å². The summed E-state index contributed by atoms with van der Waals surface area (Å²) in [7, 11) is -4.85. The monoisotopic (exact) mass is 494 g/mol. The third-order valence-corrected chi connectivity index (χ3v) is 7.90. The van der Waals surface area contributed by atoms with Gasteiger partial charge in [-0.15, -0.1) is 0 Å². The highest BCUT2D eigenvalue weighted by molar-refractivity contribution is 7.98. The van der Waals surface area contributed by atoms with Crippen LogP contribution in [0, 0.1) is 5.82 Å². The van der Waals surface area contributed by atoms with Crippen molar-refractivity contribution in [3.63, 3.8) is 0 Å². The molecule has 0 spiro atoms. The van der Waals surface area contributed by atoms with E-state index in [-0.39, 0.29) is 17.7 Å². The third-order valence-electron chi connectivity index (χ3n) is 4.66. The molecule has 32 heavy (non-hydrogen) atoms. The highest BCUT2D eigenvalue weighted by Gasteiger charge is 2.23. The molecule has 0 bridgehead atoms. The zero-order valence-corrected chi connectivity index (χ0v) is 21.4. The van der Waals surface area contributed by atoms with Crippen molar-refractivity contribution in [1.29, 1.82) is 0 Å². The first kappa shape index (κ1) is 24.6. The Morgan fingerprint density at radius 1 is 1.12 bits per heavy atom. The van der Waals surface area contributed by atoms with Gasteiger partial charge in [-0.2, -0.15) is 0 Å². The molecule has 1 aromatic carbocycles. The first-order valence-corrected chi connectivity index (χ1v) is 16.8. The normalized spacial score (nSPS) is 12.3. The van der Waals surface area contributed by atoms with Gasteiger partial charge in [0.05, 0.1) is 17.1 Å². The van der Waals surface area contributed by atoms with Gasteiger partial charge in [-0.05, 0) is 42.6 Å². The molecule has 0 saturated carbocycles. The van der Waals surface area contributed by atoms with Gasteiger partial charge in [0.25, 0.3) is 0 Å². The van der Waals surface area contributed by atoms with Crippen LogP contribution in [0.25, 0.3) is 22.6 Å². The Bertz CT molecular complexity index is 1190. The van der Waals surface area contributed by atoms with Crippen LogP contribution in [0.4, 0.5) is 4.39 Å². The lowest BCUT2D eigenvalue weighted by Crippen LogP contribution is -2.22. The number of aromatic nitrogens is 4. The lowest BCUT2D eigenvalue weighted by molar-refractivity contribution is 0.0825. The van der Waals surface area contributed by atoms with Crippen molar-refractivity contribution >= 4 is 29.7 Å². The number of sulfone groups is 1. The van der Waals surface area contributed by atoms with Crippen LogP contribution >= 0.6 is 11.8 Å². The molecule has 0 N–H and O–H groups in total. The number of hydrogen-bond acceptors (Lipinski definition) is 7. The minimum absolute atomic E-state index is 0.238. The Morgan fingerprint density at radius 3 is 2.41 bits per heavy atom. The van der Waals surface area contributed by atoms with E-state index in [1.807, 2.05) is 10.8 Å². The van der Waals surface area contributed by atoms with Gasteiger partial charge in [-0.3, -0.25) is 4.57 Å². The standard InChI is InChI=1S/C21H27FN4O3S2Si/c1-30-21-25-18(15-6-8-16(22)9-7-15)19(26(21)14-29-12-13-32(3,4)5)17-10-11-23-20(24-17)31(2,27)28/h6-11H,12-14H2,1-5H3. The summed E-state index contributed by atoms with van der Waals surface area (Å²) >= 11 is 1.44. The highest BCUT2D eigenvalue weighted by atomic mass is 32.2. The van der Waals surface area contributed by atoms with E-state index in [1.54, 1.807) is 18.2 Å². The number of imidazole rings is 1. The van der Waals surface area contributed by atoms with E-state index >= 15 is 0 Å². The molecule has 0 aliphatic carbocycles. The van der Waals surface area contributed by atoms with Crippen molar-refractivity contribution in [2.75, 3.05) is 19.1 Å². The Kier molecular flexibility index (Phi) is 7.53. The molecule has 0 aliphatic rings. The molecule has 2 aromatic heterocycles. The van der Waals surface area contributed by atoms with Crippen LogP contribution in [0.2, 0.25) is 25.7 Å². The van der Waals surface area contributed by atoms with E-state index in [0.717, 1.165) is 12.3 Å². The fourth-order valence-electron chi connectivity index (χ4n) is 2.96. The summed E-state index contributed by atoms with van der Waals surface area (Å²) in [6, 6.07) is 8.66. The van der Waals surface area contributed by atoms with Gasteiger partial charge in [0, 0.05) is 32.7 Å². The van der Waals surface area contributed by atoms with Crippen LogP contribution in [-0.4, -0.2) is 55.1 Å². The maximum Gasteiger partial charge on any atom is 0.247 e. The van der Waals surface area contributed by atoms with Gasteiger partial charge in [0.15, 0.2) is 5.16 Å². The lowest BCUT2D eigenvalue weighted by atomic mass is 10.1. The number of ether oxygens (including phenoxy) is 1. The van der Waals surface area contributed by atoms with Crippen LogP contribution in [0.3, 0.4) is 0 Å². The molecule has 0 saturated heterocycles. The largest absolute Gasteiger partial charge is 0.361 e. The van der Waals surface area contributed by atoms with Crippen molar-refractivity contribution in [3.8, 4) is 22.6 Å². The van der Waals surface area contributed by atoms with Crippen LogP contribution in [0.5, 0.6) is 0 Å². The summed E-state index contributed by atoms with van der Waals surface area (Å²) in [5.41, 5.74) is 2.26. The highest BCUT2D eigenvalue weighted by Crippen LogP contribution is 2.35. The zero-order valence-electron chi connectivity index (χ0n) is 18.8. The minimum atomic E-state index is -3.60. The van der Waals surface area contributed by atoms with E-state index in [2.05, 4.69) is 29.6 Å². The van der Waals surface area contributed by atoms with Crippen molar-refractivity contribution in [1.82, 2.24) is 19.5 Å². The molecule has 11 heteroatoms. The van der Waals surface area contributed by atoms with Gasteiger partial charge in [0.1, 0.15) is 12.5 Å². The molecule has 3 aromatic rings. The van der Waals surface area contributed by atoms with Gasteiger partial charge < -0.3 is 4.74 Å². The van der Waals surface area contributed by atoms with Crippen LogP contribution in [0.15, 0.2) is 46.8 Å². The van der Waals surface area contributed by atoms with E-state index in [9.17, 15) is 12.8 Å². The molecule has 0 amide bonds. The predicted octanol–water partition coefficient (Wildman–Crippen LogP) is 4.58. The maximum absolute atomic E-state index is 13.5. The second-order valence-electron chi connectivity index (χ2n) is 8.58. The number of hydrogen-bond donors (Lipinski definition) is 0. The molecule has 172 valence electrons. The quantitative estimate of drug-likeness (QED) is 0.186. The molecule has 0 aliphatic heterocycles. The van der Waals surface area contributed by atoms with Crippen LogP contribution < -0.4 is 0 Å². The summed E-state index contributed by atoms with van der Waals surface area (Å²) in [6.45, 7) is 7.71. The number of nitrogens with zero attached hydrogens (tertiary/aromatic N) is 4. The first-order chi connectivity index (χ1) is 15.0. The van der Waals surface area contributed by atoms with Gasteiger partial charge >= 0.3 is 0 Å². The number of halogens is 1. The molecule has 0 fully saturated rings. The van der Waals surface area contributed by atoms with E-state index in [4.69, 9.17) is 9.72 Å². The first-order valence-electron chi connectivity index (χ1n) is 10.0. The summed E-state index contributed by atoms with van der Waals surface area (Å²) in [5.74, 6) is -0.351. The average Bonchev–Trinajstić information content (AvgIpc) is 3.09. The molecular formula is C21H27FN4O3S2Si. The molecular weight excluding hydrogens is 467 g/mol. The topological polar surface area (TPSA) is 87.0 Å². The van der Waals surface area contributed by atoms with Gasteiger partial charge in [-0.1, -0.05) is 31.4 Å². The van der Waals surface area contributed by atoms with Crippen LogP contribution in [-0.2, 0) is 21.3 Å². The van der Waals surface area contributed by atoms with E-state index in [1.165, 1.54) is 30.1 Å². The van der Waals surface area contributed by atoms with Crippen molar-refractivity contribution < 1.29 is 17.5 Å².